The van der Waals surface area contributed by atoms with Gasteiger partial charge in [0, 0.05) is 29.9 Å². The molecule has 2 heterocycles. The Morgan fingerprint density at radius 1 is 1.40 bits per heavy atom. The number of hydrogen-bond acceptors (Lipinski definition) is 4. The van der Waals surface area contributed by atoms with E-state index in [2.05, 4.69) is 9.71 Å². The predicted octanol–water partition coefficient (Wildman–Crippen LogP) is 2.21. The molecule has 2 aromatic heterocycles. The molecular formula is C13H17N3O2S2. The minimum atomic E-state index is -3.42. The molecule has 1 aliphatic carbocycles. The molecule has 1 N–H and O–H groups in total. The van der Waals surface area contributed by atoms with E-state index in [1.807, 2.05) is 30.8 Å². The summed E-state index contributed by atoms with van der Waals surface area (Å²) in [6, 6.07) is 1.84. The van der Waals surface area contributed by atoms with Crippen molar-refractivity contribution in [2.75, 3.05) is 0 Å². The van der Waals surface area contributed by atoms with E-state index in [1.165, 1.54) is 11.3 Å². The van der Waals surface area contributed by atoms with Gasteiger partial charge in [-0.15, -0.1) is 11.3 Å². The number of rotatable bonds is 4. The summed E-state index contributed by atoms with van der Waals surface area (Å²) in [4.78, 5) is 4.79. The van der Waals surface area contributed by atoms with Crippen molar-refractivity contribution in [3.8, 4) is 10.7 Å². The van der Waals surface area contributed by atoms with E-state index in [9.17, 15) is 8.42 Å². The second kappa shape index (κ2) is 4.68. The SMILES string of the molecule is Cc1csc(-c2cc(S(=O)(=O)NC3CC3)c(C)n2C)n1. The number of aryl methyl sites for hydroxylation is 1. The normalized spacial score (nSPS) is 15.8. The highest BCUT2D eigenvalue weighted by Gasteiger charge is 2.30. The Labute approximate surface area is 122 Å². The van der Waals surface area contributed by atoms with Crippen LogP contribution in [0, 0.1) is 13.8 Å². The van der Waals surface area contributed by atoms with E-state index >= 15 is 0 Å². The lowest BCUT2D eigenvalue weighted by Crippen LogP contribution is -2.26. The standard InChI is InChI=1S/C13H17N3O2S2/c1-8-7-19-13(14-8)11-6-12(9(2)16(11)3)20(17,18)15-10-4-5-10/h6-7,10,15H,4-5H2,1-3H3. The molecular weight excluding hydrogens is 294 g/mol. The van der Waals surface area contributed by atoms with Gasteiger partial charge in [-0.1, -0.05) is 0 Å². The fourth-order valence-corrected chi connectivity index (χ4v) is 4.55. The van der Waals surface area contributed by atoms with Gasteiger partial charge in [0.2, 0.25) is 10.0 Å². The predicted molar refractivity (Wildman–Crippen MR) is 79.3 cm³/mol. The molecule has 0 bridgehead atoms. The van der Waals surface area contributed by atoms with E-state index in [0.717, 1.165) is 34.9 Å². The second-order valence-electron chi connectivity index (χ2n) is 5.23. The van der Waals surface area contributed by atoms with Crippen molar-refractivity contribution in [1.29, 1.82) is 0 Å². The average Bonchev–Trinajstić information content (AvgIpc) is 2.98. The van der Waals surface area contributed by atoms with Crippen LogP contribution in [0.15, 0.2) is 16.3 Å². The van der Waals surface area contributed by atoms with E-state index in [4.69, 9.17) is 0 Å². The molecule has 108 valence electrons. The van der Waals surface area contributed by atoms with Crippen molar-refractivity contribution >= 4 is 21.4 Å². The summed E-state index contributed by atoms with van der Waals surface area (Å²) in [5, 5.41) is 2.81. The van der Waals surface area contributed by atoms with Crippen LogP contribution in [-0.4, -0.2) is 24.0 Å². The van der Waals surface area contributed by atoms with Gasteiger partial charge in [-0.25, -0.2) is 18.1 Å². The lowest BCUT2D eigenvalue weighted by molar-refractivity contribution is 0.580. The summed E-state index contributed by atoms with van der Waals surface area (Å²) >= 11 is 1.53. The van der Waals surface area contributed by atoms with Gasteiger partial charge in [-0.05, 0) is 32.8 Å². The first-order valence-electron chi connectivity index (χ1n) is 6.49. The van der Waals surface area contributed by atoms with Crippen LogP contribution in [-0.2, 0) is 17.1 Å². The molecule has 0 aromatic carbocycles. The molecule has 2 aromatic rings. The third kappa shape index (κ3) is 2.41. The molecule has 0 radical (unpaired) electrons. The van der Waals surface area contributed by atoms with E-state index in [-0.39, 0.29) is 6.04 Å². The lowest BCUT2D eigenvalue weighted by Gasteiger charge is -2.05. The summed E-state index contributed by atoms with van der Waals surface area (Å²) in [5.41, 5.74) is 2.53. The Morgan fingerprint density at radius 2 is 2.10 bits per heavy atom. The number of sulfonamides is 1. The molecule has 0 spiro atoms. The van der Waals surface area contributed by atoms with Crippen LogP contribution in [0.5, 0.6) is 0 Å². The van der Waals surface area contributed by atoms with Gasteiger partial charge in [-0.3, -0.25) is 0 Å². The summed E-state index contributed by atoms with van der Waals surface area (Å²) in [5.74, 6) is 0. The van der Waals surface area contributed by atoms with Crippen LogP contribution in [0.3, 0.4) is 0 Å². The van der Waals surface area contributed by atoms with Crippen molar-refractivity contribution in [2.24, 2.45) is 7.05 Å². The Kier molecular flexibility index (Phi) is 3.23. The molecule has 0 unspecified atom stereocenters. The molecule has 1 aliphatic rings. The lowest BCUT2D eigenvalue weighted by atomic mass is 10.4. The summed E-state index contributed by atoms with van der Waals surface area (Å²) < 4.78 is 29.3. The smallest absolute Gasteiger partial charge is 0.242 e. The fraction of sp³-hybridized carbons (Fsp3) is 0.462. The molecule has 3 rings (SSSR count). The van der Waals surface area contributed by atoms with Crippen LogP contribution in [0.1, 0.15) is 24.2 Å². The zero-order valence-corrected chi connectivity index (χ0v) is 13.3. The maximum absolute atomic E-state index is 12.4. The van der Waals surface area contributed by atoms with Crippen LogP contribution >= 0.6 is 11.3 Å². The highest BCUT2D eigenvalue weighted by atomic mass is 32.2. The zero-order chi connectivity index (χ0) is 14.5. The number of nitrogens with zero attached hydrogens (tertiary/aromatic N) is 2. The topological polar surface area (TPSA) is 64.0 Å². The third-order valence-corrected chi connectivity index (χ3v) is 6.13. The van der Waals surface area contributed by atoms with Crippen molar-refractivity contribution in [3.63, 3.8) is 0 Å². The van der Waals surface area contributed by atoms with Gasteiger partial charge in [0.15, 0.2) is 0 Å². The first-order valence-corrected chi connectivity index (χ1v) is 8.86. The maximum Gasteiger partial charge on any atom is 0.242 e. The van der Waals surface area contributed by atoms with Gasteiger partial charge < -0.3 is 4.57 Å². The summed E-state index contributed by atoms with van der Waals surface area (Å²) in [6.45, 7) is 3.76. The van der Waals surface area contributed by atoms with Crippen LogP contribution in [0.4, 0.5) is 0 Å². The second-order valence-corrected chi connectivity index (χ2v) is 7.77. The van der Waals surface area contributed by atoms with Crippen LogP contribution in [0.25, 0.3) is 10.7 Å². The Bertz CT molecular complexity index is 755. The minimum absolute atomic E-state index is 0.116. The monoisotopic (exact) mass is 311 g/mol. The molecule has 5 nitrogen and oxygen atoms in total. The van der Waals surface area contributed by atoms with Gasteiger partial charge in [-0.2, -0.15) is 0 Å². The van der Waals surface area contributed by atoms with Crippen molar-refractivity contribution < 1.29 is 8.42 Å². The molecule has 1 saturated carbocycles. The van der Waals surface area contributed by atoms with Gasteiger partial charge in [0.1, 0.15) is 9.90 Å². The summed E-state index contributed by atoms with van der Waals surface area (Å²) in [7, 11) is -1.55. The molecule has 0 saturated heterocycles. The third-order valence-electron chi connectivity index (χ3n) is 3.52. The molecule has 0 aliphatic heterocycles. The summed E-state index contributed by atoms with van der Waals surface area (Å²) in [6.07, 6.45) is 1.87. The minimum Gasteiger partial charge on any atom is -0.345 e. The Morgan fingerprint density at radius 3 is 2.65 bits per heavy atom. The first kappa shape index (κ1) is 13.8. The molecule has 0 amide bonds. The molecule has 7 heteroatoms. The molecule has 0 atom stereocenters. The zero-order valence-electron chi connectivity index (χ0n) is 11.7. The molecule has 1 fully saturated rings. The molecule has 20 heavy (non-hydrogen) atoms. The number of thiazole rings is 1. The van der Waals surface area contributed by atoms with E-state index in [0.29, 0.717) is 4.90 Å². The van der Waals surface area contributed by atoms with Crippen LogP contribution < -0.4 is 4.72 Å². The van der Waals surface area contributed by atoms with Gasteiger partial charge in [0.25, 0.3) is 0 Å². The van der Waals surface area contributed by atoms with E-state index < -0.39 is 10.0 Å². The highest BCUT2D eigenvalue weighted by Crippen LogP contribution is 2.31. The van der Waals surface area contributed by atoms with Crippen molar-refractivity contribution in [1.82, 2.24) is 14.3 Å². The highest BCUT2D eigenvalue weighted by molar-refractivity contribution is 7.89. The van der Waals surface area contributed by atoms with Crippen molar-refractivity contribution in [2.45, 2.75) is 37.6 Å². The largest absolute Gasteiger partial charge is 0.345 e. The van der Waals surface area contributed by atoms with Crippen molar-refractivity contribution in [3.05, 3.63) is 22.8 Å². The number of nitrogens with one attached hydrogen (secondary N) is 1. The Hall–Kier alpha value is -1.18. The maximum atomic E-state index is 12.4. The van der Waals surface area contributed by atoms with E-state index in [1.54, 1.807) is 6.07 Å². The fourth-order valence-electron chi connectivity index (χ4n) is 2.10. The first-order chi connectivity index (χ1) is 9.38. The average molecular weight is 311 g/mol. The number of aromatic nitrogens is 2. The number of hydrogen-bond donors (Lipinski definition) is 1. The van der Waals surface area contributed by atoms with Crippen LogP contribution in [0.2, 0.25) is 0 Å². The quantitative estimate of drug-likeness (QED) is 0.941. The van der Waals surface area contributed by atoms with Gasteiger partial charge >= 0.3 is 0 Å². The van der Waals surface area contributed by atoms with Gasteiger partial charge in [0.05, 0.1) is 5.69 Å². The Balaban J connectivity index is 2.05.